The van der Waals surface area contributed by atoms with Gasteiger partial charge in [-0.15, -0.1) is 11.3 Å². The minimum Gasteiger partial charge on any atom is -0.326 e. The summed E-state index contributed by atoms with van der Waals surface area (Å²) in [7, 11) is -3.51. The van der Waals surface area contributed by atoms with Gasteiger partial charge in [0.15, 0.2) is 0 Å². The van der Waals surface area contributed by atoms with Crippen LogP contribution in [0.2, 0.25) is 0 Å². The molecule has 0 radical (unpaired) electrons. The maximum absolute atomic E-state index is 12.1. The van der Waals surface area contributed by atoms with Crippen molar-refractivity contribution in [2.24, 2.45) is 5.73 Å². The number of nitrogens with zero attached hydrogens (tertiary/aromatic N) is 1. The molecule has 0 amide bonds. The number of aromatic nitrogens is 2. The Morgan fingerprint density at radius 1 is 1.56 bits per heavy atom. The summed E-state index contributed by atoms with van der Waals surface area (Å²) < 4.78 is 26.7. The Bertz CT molecular complexity index is 630. The second-order valence-corrected chi connectivity index (χ2v) is 6.49. The monoisotopic (exact) mass is 286 g/mol. The number of hydrogen-bond acceptors (Lipinski definition) is 5. The van der Waals surface area contributed by atoms with Crippen LogP contribution in [0.3, 0.4) is 0 Å². The van der Waals surface area contributed by atoms with Gasteiger partial charge in [-0.2, -0.15) is 5.10 Å². The first-order valence-corrected chi connectivity index (χ1v) is 7.66. The molecule has 0 saturated carbocycles. The normalized spacial score (nSPS) is 11.9. The highest BCUT2D eigenvalue weighted by Gasteiger charge is 2.19. The predicted octanol–water partition coefficient (Wildman–Crippen LogP) is 0.717. The minimum absolute atomic E-state index is 0.213. The Labute approximate surface area is 109 Å². The van der Waals surface area contributed by atoms with Crippen molar-refractivity contribution in [3.05, 3.63) is 33.8 Å². The number of thiophene rings is 1. The van der Waals surface area contributed by atoms with E-state index in [-0.39, 0.29) is 18.0 Å². The molecule has 0 atom stereocenters. The van der Waals surface area contributed by atoms with Crippen molar-refractivity contribution in [1.82, 2.24) is 14.9 Å². The number of rotatable bonds is 5. The maximum Gasteiger partial charge on any atom is 0.242 e. The van der Waals surface area contributed by atoms with E-state index in [0.717, 1.165) is 11.3 Å². The molecule has 98 valence electrons. The molecule has 2 aromatic rings. The Morgan fingerprint density at radius 2 is 2.33 bits per heavy atom. The van der Waals surface area contributed by atoms with Crippen LogP contribution < -0.4 is 10.5 Å². The van der Waals surface area contributed by atoms with Crippen molar-refractivity contribution >= 4 is 21.4 Å². The standard InChI is InChI=1S/C10H14N4O2S2/c1-7-8(5-12-14-7)6-13-18(15,16)10-2-3-17-9(10)4-11/h2-3,5,13H,4,6,11H2,1H3,(H,12,14). The van der Waals surface area contributed by atoms with Gasteiger partial charge in [0.25, 0.3) is 0 Å². The van der Waals surface area contributed by atoms with Crippen LogP contribution in [0.25, 0.3) is 0 Å². The molecule has 0 aliphatic rings. The van der Waals surface area contributed by atoms with Crippen molar-refractivity contribution in [2.75, 3.05) is 0 Å². The fourth-order valence-corrected chi connectivity index (χ4v) is 3.86. The first-order valence-electron chi connectivity index (χ1n) is 5.29. The zero-order chi connectivity index (χ0) is 13.2. The number of hydrogen-bond donors (Lipinski definition) is 3. The van der Waals surface area contributed by atoms with Gasteiger partial charge < -0.3 is 5.73 Å². The molecular formula is C10H14N4O2S2. The van der Waals surface area contributed by atoms with Gasteiger partial charge in [-0.3, -0.25) is 5.10 Å². The average molecular weight is 286 g/mol. The molecule has 0 spiro atoms. The molecule has 6 nitrogen and oxygen atoms in total. The maximum atomic E-state index is 12.1. The van der Waals surface area contributed by atoms with Crippen molar-refractivity contribution in [3.63, 3.8) is 0 Å². The lowest BCUT2D eigenvalue weighted by atomic mass is 10.3. The summed E-state index contributed by atoms with van der Waals surface area (Å²) in [5, 5.41) is 8.32. The van der Waals surface area contributed by atoms with E-state index in [1.54, 1.807) is 17.6 Å². The average Bonchev–Trinajstić information content (AvgIpc) is 2.95. The largest absolute Gasteiger partial charge is 0.326 e. The van der Waals surface area contributed by atoms with Crippen molar-refractivity contribution in [1.29, 1.82) is 0 Å². The summed E-state index contributed by atoms with van der Waals surface area (Å²) in [4.78, 5) is 0.919. The topological polar surface area (TPSA) is 101 Å². The van der Waals surface area contributed by atoms with Gasteiger partial charge in [0.05, 0.1) is 11.1 Å². The molecule has 0 saturated heterocycles. The lowest BCUT2D eigenvalue weighted by Crippen LogP contribution is -2.24. The fourth-order valence-electron chi connectivity index (χ4n) is 1.52. The second-order valence-electron chi connectivity index (χ2n) is 3.76. The predicted molar refractivity (Wildman–Crippen MR) is 69.6 cm³/mol. The Kier molecular flexibility index (Phi) is 3.81. The SMILES string of the molecule is Cc1[nH]ncc1CNS(=O)(=O)c1ccsc1CN. The molecule has 4 N–H and O–H groups in total. The van der Waals surface area contributed by atoms with E-state index in [1.165, 1.54) is 11.3 Å². The smallest absolute Gasteiger partial charge is 0.242 e. The van der Waals surface area contributed by atoms with Gasteiger partial charge >= 0.3 is 0 Å². The first kappa shape index (κ1) is 13.2. The number of aryl methyl sites for hydroxylation is 1. The summed E-state index contributed by atoms with van der Waals surface area (Å²) in [5.74, 6) is 0. The van der Waals surface area contributed by atoms with Crippen LogP contribution in [-0.4, -0.2) is 18.6 Å². The van der Waals surface area contributed by atoms with Gasteiger partial charge in [0, 0.05) is 29.2 Å². The first-order chi connectivity index (χ1) is 8.54. The van der Waals surface area contributed by atoms with E-state index in [4.69, 9.17) is 5.73 Å². The molecule has 8 heteroatoms. The van der Waals surface area contributed by atoms with E-state index in [2.05, 4.69) is 14.9 Å². The summed E-state index contributed by atoms with van der Waals surface area (Å²) in [6, 6.07) is 1.57. The van der Waals surface area contributed by atoms with Gasteiger partial charge in [-0.05, 0) is 18.4 Å². The molecule has 0 aliphatic heterocycles. The van der Waals surface area contributed by atoms with Crippen LogP contribution >= 0.6 is 11.3 Å². The highest BCUT2D eigenvalue weighted by atomic mass is 32.2. The molecular weight excluding hydrogens is 272 g/mol. The van der Waals surface area contributed by atoms with Crippen molar-refractivity contribution in [2.45, 2.75) is 24.9 Å². The van der Waals surface area contributed by atoms with Crippen LogP contribution in [0.15, 0.2) is 22.5 Å². The van der Waals surface area contributed by atoms with Crippen molar-refractivity contribution < 1.29 is 8.42 Å². The quantitative estimate of drug-likeness (QED) is 0.753. The molecule has 2 aromatic heterocycles. The van der Waals surface area contributed by atoms with Crippen LogP contribution in [-0.2, 0) is 23.1 Å². The molecule has 0 fully saturated rings. The third-order valence-electron chi connectivity index (χ3n) is 2.57. The Hall–Kier alpha value is -1.22. The zero-order valence-electron chi connectivity index (χ0n) is 9.80. The van der Waals surface area contributed by atoms with E-state index in [1.807, 2.05) is 6.92 Å². The van der Waals surface area contributed by atoms with Crippen LogP contribution in [0.4, 0.5) is 0 Å². The third kappa shape index (κ3) is 2.61. The minimum atomic E-state index is -3.51. The number of aromatic amines is 1. The molecule has 0 bridgehead atoms. The second kappa shape index (κ2) is 5.19. The summed E-state index contributed by atoms with van der Waals surface area (Å²) in [6.45, 7) is 2.27. The lowest BCUT2D eigenvalue weighted by molar-refractivity contribution is 0.580. The van der Waals surface area contributed by atoms with Gasteiger partial charge in [0.1, 0.15) is 0 Å². The van der Waals surface area contributed by atoms with E-state index >= 15 is 0 Å². The van der Waals surface area contributed by atoms with Crippen LogP contribution in [0, 0.1) is 6.92 Å². The number of nitrogens with one attached hydrogen (secondary N) is 2. The van der Waals surface area contributed by atoms with E-state index < -0.39 is 10.0 Å². The number of sulfonamides is 1. The number of H-pyrrole nitrogens is 1. The van der Waals surface area contributed by atoms with Gasteiger partial charge in [0.2, 0.25) is 10.0 Å². The summed E-state index contributed by atoms with van der Waals surface area (Å²) in [6.07, 6.45) is 1.61. The number of nitrogens with two attached hydrogens (primary N) is 1. The van der Waals surface area contributed by atoms with Gasteiger partial charge in [-0.25, -0.2) is 13.1 Å². The van der Waals surface area contributed by atoms with E-state index in [0.29, 0.717) is 4.88 Å². The highest BCUT2D eigenvalue weighted by molar-refractivity contribution is 7.89. The third-order valence-corrected chi connectivity index (χ3v) is 5.12. The van der Waals surface area contributed by atoms with Gasteiger partial charge in [-0.1, -0.05) is 0 Å². The van der Waals surface area contributed by atoms with Crippen molar-refractivity contribution in [3.8, 4) is 0 Å². The zero-order valence-corrected chi connectivity index (χ0v) is 11.4. The Morgan fingerprint density at radius 3 is 2.94 bits per heavy atom. The van der Waals surface area contributed by atoms with Crippen LogP contribution in [0.1, 0.15) is 16.1 Å². The fraction of sp³-hybridized carbons (Fsp3) is 0.300. The van der Waals surface area contributed by atoms with E-state index in [9.17, 15) is 8.42 Å². The highest BCUT2D eigenvalue weighted by Crippen LogP contribution is 2.21. The molecule has 0 unspecified atom stereocenters. The molecule has 18 heavy (non-hydrogen) atoms. The summed E-state index contributed by atoms with van der Waals surface area (Å²) >= 11 is 1.34. The summed E-state index contributed by atoms with van der Waals surface area (Å²) in [5.41, 5.74) is 7.18. The molecule has 2 rings (SSSR count). The molecule has 0 aromatic carbocycles. The molecule has 0 aliphatic carbocycles. The molecule has 2 heterocycles. The lowest BCUT2D eigenvalue weighted by Gasteiger charge is -2.06. The Balaban J connectivity index is 2.16. The van der Waals surface area contributed by atoms with Crippen LogP contribution in [0.5, 0.6) is 0 Å².